The number of benzene rings is 1. The molecule has 0 aliphatic carbocycles. The summed E-state index contributed by atoms with van der Waals surface area (Å²) in [7, 11) is -2.51. The number of sulfonamides is 1. The van der Waals surface area contributed by atoms with E-state index in [9.17, 15) is 13.2 Å². The van der Waals surface area contributed by atoms with Crippen LogP contribution in [0.15, 0.2) is 53.7 Å². The van der Waals surface area contributed by atoms with E-state index in [1.807, 2.05) is 6.92 Å². The largest absolute Gasteiger partial charge is 0.497 e. The maximum absolute atomic E-state index is 13.6. The Labute approximate surface area is 184 Å². The number of carbonyl (C=O) groups excluding carboxylic acids is 1. The number of nitrogens with zero attached hydrogens (tertiary/aromatic N) is 2. The second-order valence-corrected chi connectivity index (χ2v) is 9.33. The molecule has 31 heavy (non-hydrogen) atoms. The lowest BCUT2D eigenvalue weighted by Crippen LogP contribution is -2.51. The van der Waals surface area contributed by atoms with Gasteiger partial charge < -0.3 is 4.74 Å². The number of pyridine rings is 1. The van der Waals surface area contributed by atoms with E-state index >= 15 is 0 Å². The first kappa shape index (κ1) is 24.8. The van der Waals surface area contributed by atoms with Crippen molar-refractivity contribution in [2.75, 3.05) is 13.7 Å². The molecule has 1 amide bonds. The fraction of sp³-hybridized carbons (Fsp3) is 0.455. The fourth-order valence-corrected chi connectivity index (χ4v) is 4.76. The van der Waals surface area contributed by atoms with Crippen LogP contribution in [0.5, 0.6) is 5.75 Å². The van der Waals surface area contributed by atoms with E-state index in [1.165, 1.54) is 23.5 Å². The average Bonchev–Trinajstić information content (AvgIpc) is 2.76. The van der Waals surface area contributed by atoms with Gasteiger partial charge in [0.15, 0.2) is 0 Å². The number of hydrogen-bond acceptors (Lipinski definition) is 6. The molecule has 0 aliphatic rings. The van der Waals surface area contributed by atoms with Gasteiger partial charge in [0.1, 0.15) is 11.8 Å². The van der Waals surface area contributed by atoms with E-state index in [-0.39, 0.29) is 17.4 Å². The molecule has 0 saturated heterocycles. The Kier molecular flexibility index (Phi) is 9.42. The van der Waals surface area contributed by atoms with Crippen LogP contribution in [0, 0.1) is 5.92 Å². The van der Waals surface area contributed by atoms with E-state index in [4.69, 9.17) is 9.57 Å². The van der Waals surface area contributed by atoms with Crippen molar-refractivity contribution in [3.8, 4) is 5.75 Å². The molecule has 2 aromatic rings. The molecule has 1 heterocycles. The van der Waals surface area contributed by atoms with Crippen LogP contribution >= 0.6 is 0 Å². The topological polar surface area (TPSA) is 97.8 Å². The van der Waals surface area contributed by atoms with Crippen LogP contribution in [0.2, 0.25) is 0 Å². The van der Waals surface area contributed by atoms with Crippen LogP contribution in [0.1, 0.15) is 39.2 Å². The van der Waals surface area contributed by atoms with Gasteiger partial charge in [-0.3, -0.25) is 14.6 Å². The van der Waals surface area contributed by atoms with Gasteiger partial charge in [-0.1, -0.05) is 33.3 Å². The van der Waals surface area contributed by atoms with Crippen molar-refractivity contribution >= 4 is 15.9 Å². The van der Waals surface area contributed by atoms with Crippen LogP contribution in [0.4, 0.5) is 0 Å². The average molecular weight is 450 g/mol. The van der Waals surface area contributed by atoms with Crippen molar-refractivity contribution in [3.05, 3.63) is 54.4 Å². The molecule has 0 spiro atoms. The van der Waals surface area contributed by atoms with Crippen LogP contribution in [0.25, 0.3) is 0 Å². The second-order valence-electron chi connectivity index (χ2n) is 7.44. The Morgan fingerprint density at radius 1 is 1.19 bits per heavy atom. The van der Waals surface area contributed by atoms with Crippen LogP contribution in [-0.2, 0) is 26.2 Å². The molecule has 1 atom stereocenters. The number of methoxy groups -OCH3 is 1. The van der Waals surface area contributed by atoms with Gasteiger partial charge >= 0.3 is 0 Å². The van der Waals surface area contributed by atoms with Gasteiger partial charge in [-0.05, 0) is 48.2 Å². The molecule has 9 heteroatoms. The quantitative estimate of drug-likeness (QED) is 0.395. The van der Waals surface area contributed by atoms with Crippen LogP contribution in [0.3, 0.4) is 0 Å². The zero-order valence-corrected chi connectivity index (χ0v) is 19.3. The van der Waals surface area contributed by atoms with Crippen molar-refractivity contribution in [3.63, 3.8) is 0 Å². The molecule has 0 bridgehead atoms. The van der Waals surface area contributed by atoms with E-state index in [2.05, 4.69) is 10.5 Å². The molecule has 1 aromatic heterocycles. The summed E-state index contributed by atoms with van der Waals surface area (Å²) in [6.45, 7) is 5.97. The highest BCUT2D eigenvalue weighted by Gasteiger charge is 2.38. The van der Waals surface area contributed by atoms with E-state index in [1.54, 1.807) is 50.5 Å². The summed E-state index contributed by atoms with van der Waals surface area (Å²) in [5.74, 6) is -0.271. The molecular formula is C22H31N3O5S. The van der Waals surface area contributed by atoms with Gasteiger partial charge in [-0.2, -0.15) is 4.31 Å². The zero-order chi connectivity index (χ0) is 22.9. The van der Waals surface area contributed by atoms with Gasteiger partial charge in [0.2, 0.25) is 10.0 Å². The summed E-state index contributed by atoms with van der Waals surface area (Å²) >= 11 is 0. The number of rotatable bonds is 12. The SMILES string of the molecule is CCCCONC(=O)[C@@H](C(C)C)N(Cc1cccnc1)S(=O)(=O)c1ccc(OC)cc1. The summed E-state index contributed by atoms with van der Waals surface area (Å²) in [5, 5.41) is 0. The first-order chi connectivity index (χ1) is 14.8. The Hall–Kier alpha value is -2.49. The Morgan fingerprint density at radius 2 is 1.90 bits per heavy atom. The van der Waals surface area contributed by atoms with Gasteiger partial charge in [-0.25, -0.2) is 13.9 Å². The standard InChI is InChI=1S/C22H31N3O5S/c1-5-6-14-30-24-22(26)21(17(2)3)25(16-18-8-7-13-23-15-18)31(27,28)20-11-9-19(29-4)10-12-20/h7-13,15,17,21H,5-6,14,16H2,1-4H3,(H,24,26)/t21-/m1/s1. The summed E-state index contributed by atoms with van der Waals surface area (Å²) < 4.78 is 33.5. The summed E-state index contributed by atoms with van der Waals surface area (Å²) in [6.07, 6.45) is 4.90. The lowest BCUT2D eigenvalue weighted by atomic mass is 10.0. The predicted molar refractivity (Wildman–Crippen MR) is 118 cm³/mol. The maximum Gasteiger partial charge on any atom is 0.262 e. The van der Waals surface area contributed by atoms with Crippen molar-refractivity contribution in [1.29, 1.82) is 0 Å². The number of nitrogens with one attached hydrogen (secondary N) is 1. The highest BCUT2D eigenvalue weighted by Crippen LogP contribution is 2.26. The monoisotopic (exact) mass is 449 g/mol. The van der Waals surface area contributed by atoms with Crippen LogP contribution in [-0.4, -0.2) is 43.4 Å². The number of hydrogen-bond donors (Lipinski definition) is 1. The number of amides is 1. The van der Waals surface area contributed by atoms with E-state index in [0.29, 0.717) is 17.9 Å². The van der Waals surface area contributed by atoms with Gasteiger partial charge in [0, 0.05) is 18.9 Å². The minimum absolute atomic E-state index is 0.00652. The molecule has 0 saturated carbocycles. The van der Waals surface area contributed by atoms with Crippen molar-refractivity contribution in [2.24, 2.45) is 5.92 Å². The summed E-state index contributed by atoms with van der Waals surface area (Å²) in [4.78, 5) is 22.4. The number of ether oxygens (including phenoxy) is 1. The first-order valence-corrected chi connectivity index (χ1v) is 11.7. The molecule has 0 unspecified atom stereocenters. The highest BCUT2D eigenvalue weighted by molar-refractivity contribution is 7.89. The van der Waals surface area contributed by atoms with E-state index in [0.717, 1.165) is 12.8 Å². The molecule has 1 aromatic carbocycles. The van der Waals surface area contributed by atoms with Crippen molar-refractivity contribution in [2.45, 2.75) is 51.1 Å². The predicted octanol–water partition coefficient (Wildman–Crippen LogP) is 3.15. The van der Waals surface area contributed by atoms with E-state index < -0.39 is 22.0 Å². The first-order valence-electron chi connectivity index (χ1n) is 10.3. The van der Waals surface area contributed by atoms with Gasteiger partial charge in [0.25, 0.3) is 5.91 Å². The third-order valence-electron chi connectivity index (χ3n) is 4.71. The van der Waals surface area contributed by atoms with Crippen LogP contribution < -0.4 is 10.2 Å². The molecule has 0 aliphatic heterocycles. The number of aromatic nitrogens is 1. The molecule has 1 N–H and O–H groups in total. The minimum Gasteiger partial charge on any atom is -0.497 e. The molecular weight excluding hydrogens is 418 g/mol. The maximum atomic E-state index is 13.6. The Morgan fingerprint density at radius 3 is 2.45 bits per heavy atom. The third kappa shape index (κ3) is 6.75. The molecule has 0 fully saturated rings. The summed E-state index contributed by atoms with van der Waals surface area (Å²) in [5.41, 5.74) is 3.10. The lowest BCUT2D eigenvalue weighted by molar-refractivity contribution is -0.139. The number of carbonyl (C=O) groups is 1. The molecule has 0 radical (unpaired) electrons. The molecule has 8 nitrogen and oxygen atoms in total. The Bertz CT molecular complexity index is 918. The molecule has 2 rings (SSSR count). The second kappa shape index (κ2) is 11.8. The van der Waals surface area contributed by atoms with Crippen molar-refractivity contribution < 1.29 is 22.8 Å². The highest BCUT2D eigenvalue weighted by atomic mass is 32.2. The normalized spacial score (nSPS) is 12.7. The number of hydroxylamine groups is 1. The third-order valence-corrected chi connectivity index (χ3v) is 6.55. The minimum atomic E-state index is -4.02. The van der Waals surface area contributed by atoms with Gasteiger partial charge in [-0.15, -0.1) is 0 Å². The number of unbranched alkanes of at least 4 members (excludes halogenated alkanes) is 1. The fourth-order valence-electron chi connectivity index (χ4n) is 3.05. The smallest absolute Gasteiger partial charge is 0.262 e. The zero-order valence-electron chi connectivity index (χ0n) is 18.4. The lowest BCUT2D eigenvalue weighted by Gasteiger charge is -2.32. The Balaban J connectivity index is 2.42. The van der Waals surface area contributed by atoms with Gasteiger partial charge in [0.05, 0.1) is 18.6 Å². The molecule has 170 valence electrons. The van der Waals surface area contributed by atoms with Crippen molar-refractivity contribution in [1.82, 2.24) is 14.8 Å². The summed E-state index contributed by atoms with van der Waals surface area (Å²) in [6, 6.07) is 8.62.